The van der Waals surface area contributed by atoms with Gasteiger partial charge in [0.05, 0.1) is 6.61 Å². The maximum atomic E-state index is 10.9. The third kappa shape index (κ3) is 8.21. The largest absolute Gasteiger partial charge is 0.461 e. The number of hydrogen-bond acceptors (Lipinski definition) is 5. The van der Waals surface area contributed by atoms with Crippen LogP contribution in [0.4, 0.5) is 0 Å². The van der Waals surface area contributed by atoms with Crippen molar-refractivity contribution in [3.05, 3.63) is 12.2 Å². The second-order valence-corrected chi connectivity index (χ2v) is 4.99. The van der Waals surface area contributed by atoms with Gasteiger partial charge in [-0.2, -0.15) is 0 Å². The van der Waals surface area contributed by atoms with E-state index in [1.54, 1.807) is 28.5 Å². The van der Waals surface area contributed by atoms with Gasteiger partial charge in [0.1, 0.15) is 6.61 Å². The van der Waals surface area contributed by atoms with E-state index in [0.717, 1.165) is 5.75 Å². The van der Waals surface area contributed by atoms with Gasteiger partial charge >= 0.3 is 5.97 Å². The molecule has 3 nitrogen and oxygen atoms in total. The molecule has 0 aromatic heterocycles. The summed E-state index contributed by atoms with van der Waals surface area (Å²) in [5, 5.41) is 8.45. The Kier molecular flexibility index (Phi) is 8.38. The SMILES string of the molecule is C=C(C)C(=O)OCCSSCCO. The lowest BCUT2D eigenvalue weighted by molar-refractivity contribution is -0.138. The van der Waals surface area contributed by atoms with Crippen LogP contribution in [0.5, 0.6) is 0 Å². The molecule has 0 aliphatic heterocycles. The summed E-state index contributed by atoms with van der Waals surface area (Å²) < 4.78 is 4.85. The standard InChI is InChI=1S/C8H14O3S2/c1-7(2)8(10)11-4-6-13-12-5-3-9/h9H,1,3-6H2,2H3. The van der Waals surface area contributed by atoms with Crippen molar-refractivity contribution in [1.29, 1.82) is 0 Å². The normalized spacial score (nSPS) is 9.69. The van der Waals surface area contributed by atoms with Crippen LogP contribution >= 0.6 is 21.6 Å². The maximum Gasteiger partial charge on any atom is 0.333 e. The lowest BCUT2D eigenvalue weighted by Crippen LogP contribution is -2.07. The Morgan fingerprint density at radius 1 is 1.46 bits per heavy atom. The molecule has 0 radical (unpaired) electrons. The first-order valence-corrected chi connectivity index (χ1v) is 6.35. The van der Waals surface area contributed by atoms with Gasteiger partial charge in [0.25, 0.3) is 0 Å². The van der Waals surface area contributed by atoms with Crippen LogP contribution in [0.25, 0.3) is 0 Å². The van der Waals surface area contributed by atoms with Gasteiger partial charge in [-0.05, 0) is 6.92 Å². The summed E-state index contributed by atoms with van der Waals surface area (Å²) in [6.07, 6.45) is 0. The van der Waals surface area contributed by atoms with E-state index < -0.39 is 0 Å². The van der Waals surface area contributed by atoms with Crippen LogP contribution in [0, 0.1) is 0 Å². The fourth-order valence-electron chi connectivity index (χ4n) is 0.447. The number of carbonyl (C=O) groups excluding carboxylic acids is 1. The highest BCUT2D eigenvalue weighted by Gasteiger charge is 2.01. The first-order valence-electron chi connectivity index (χ1n) is 3.86. The molecule has 0 saturated heterocycles. The topological polar surface area (TPSA) is 46.5 Å². The summed E-state index contributed by atoms with van der Waals surface area (Å²) in [6, 6.07) is 0. The zero-order valence-corrected chi connectivity index (χ0v) is 9.25. The zero-order valence-electron chi connectivity index (χ0n) is 7.62. The second-order valence-electron chi connectivity index (χ2n) is 2.28. The molecule has 76 valence electrons. The monoisotopic (exact) mass is 222 g/mol. The van der Waals surface area contributed by atoms with E-state index >= 15 is 0 Å². The molecule has 0 amide bonds. The van der Waals surface area contributed by atoms with E-state index in [1.165, 1.54) is 0 Å². The Hall–Kier alpha value is -0.130. The van der Waals surface area contributed by atoms with Crippen LogP contribution in [0.2, 0.25) is 0 Å². The minimum Gasteiger partial charge on any atom is -0.461 e. The predicted octanol–water partition coefficient (Wildman–Crippen LogP) is 1.48. The summed E-state index contributed by atoms with van der Waals surface area (Å²) in [4.78, 5) is 10.9. The highest BCUT2D eigenvalue weighted by Crippen LogP contribution is 2.19. The van der Waals surface area contributed by atoms with Gasteiger partial charge in [-0.25, -0.2) is 4.79 Å². The van der Waals surface area contributed by atoms with Gasteiger partial charge in [-0.3, -0.25) is 0 Å². The van der Waals surface area contributed by atoms with E-state index in [2.05, 4.69) is 6.58 Å². The van der Waals surface area contributed by atoms with Crippen molar-refractivity contribution in [2.24, 2.45) is 0 Å². The van der Waals surface area contributed by atoms with Crippen LogP contribution in [0.1, 0.15) is 6.92 Å². The Bertz CT molecular complexity index is 171. The molecule has 1 N–H and O–H groups in total. The molecule has 0 atom stereocenters. The maximum absolute atomic E-state index is 10.9. The fraction of sp³-hybridized carbons (Fsp3) is 0.625. The van der Waals surface area contributed by atoms with Crippen molar-refractivity contribution in [3.63, 3.8) is 0 Å². The molecule has 5 heteroatoms. The summed E-state index contributed by atoms with van der Waals surface area (Å²) in [7, 11) is 3.15. The number of carbonyl (C=O) groups is 1. The highest BCUT2D eigenvalue weighted by atomic mass is 33.1. The van der Waals surface area contributed by atoms with E-state index in [-0.39, 0.29) is 12.6 Å². The van der Waals surface area contributed by atoms with Gasteiger partial charge in [-0.15, -0.1) is 0 Å². The molecule has 0 spiro atoms. The number of aliphatic hydroxyl groups is 1. The van der Waals surface area contributed by atoms with E-state index in [1.807, 2.05) is 0 Å². The number of ether oxygens (including phenoxy) is 1. The molecule has 0 fully saturated rings. The summed E-state index contributed by atoms with van der Waals surface area (Å²) in [6.45, 7) is 5.67. The zero-order chi connectivity index (χ0) is 10.1. The first-order chi connectivity index (χ1) is 6.18. The predicted molar refractivity (Wildman–Crippen MR) is 57.8 cm³/mol. The van der Waals surface area contributed by atoms with Crippen molar-refractivity contribution in [2.75, 3.05) is 24.7 Å². The number of rotatable bonds is 7. The molecule has 0 aromatic carbocycles. The van der Waals surface area contributed by atoms with E-state index in [4.69, 9.17) is 9.84 Å². The number of hydrogen-bond donors (Lipinski definition) is 1. The molecule has 0 saturated carbocycles. The molecule has 0 heterocycles. The van der Waals surface area contributed by atoms with Crippen LogP contribution in [-0.2, 0) is 9.53 Å². The minimum absolute atomic E-state index is 0.184. The molecule has 0 rings (SSSR count). The van der Waals surface area contributed by atoms with Crippen molar-refractivity contribution < 1.29 is 14.6 Å². The van der Waals surface area contributed by atoms with Crippen LogP contribution < -0.4 is 0 Å². The van der Waals surface area contributed by atoms with E-state index in [9.17, 15) is 4.79 Å². The molecular formula is C8H14O3S2. The third-order valence-electron chi connectivity index (χ3n) is 1.01. The van der Waals surface area contributed by atoms with Gasteiger partial charge in [0.2, 0.25) is 0 Å². The van der Waals surface area contributed by atoms with E-state index in [0.29, 0.717) is 17.9 Å². The molecule has 0 bridgehead atoms. The van der Waals surface area contributed by atoms with Crippen LogP contribution in [0.3, 0.4) is 0 Å². The smallest absolute Gasteiger partial charge is 0.333 e. The number of esters is 1. The van der Waals surface area contributed by atoms with Crippen molar-refractivity contribution in [1.82, 2.24) is 0 Å². The molecule has 0 aliphatic rings. The minimum atomic E-state index is -0.340. The number of aliphatic hydroxyl groups excluding tert-OH is 1. The van der Waals surface area contributed by atoms with Gasteiger partial charge < -0.3 is 9.84 Å². The molecule has 0 aromatic rings. The molecule has 13 heavy (non-hydrogen) atoms. The van der Waals surface area contributed by atoms with Crippen LogP contribution in [-0.4, -0.2) is 35.8 Å². The fourth-order valence-corrected chi connectivity index (χ4v) is 2.04. The summed E-state index contributed by atoms with van der Waals surface area (Å²) in [5.41, 5.74) is 0.424. The molecule has 0 aliphatic carbocycles. The van der Waals surface area contributed by atoms with Gasteiger partial charge in [0.15, 0.2) is 0 Å². The molecule has 0 unspecified atom stereocenters. The Balaban J connectivity index is 3.16. The molecular weight excluding hydrogens is 208 g/mol. The lowest BCUT2D eigenvalue weighted by atomic mass is 10.4. The average molecular weight is 222 g/mol. The summed E-state index contributed by atoms with van der Waals surface area (Å²) in [5.74, 6) is 1.11. The van der Waals surface area contributed by atoms with Gasteiger partial charge in [0, 0.05) is 17.1 Å². The Morgan fingerprint density at radius 3 is 2.62 bits per heavy atom. The third-order valence-corrected chi connectivity index (χ3v) is 3.36. The Labute approximate surface area is 86.3 Å². The summed E-state index contributed by atoms with van der Waals surface area (Å²) >= 11 is 0. The average Bonchev–Trinajstić information content (AvgIpc) is 2.10. The lowest BCUT2D eigenvalue weighted by Gasteiger charge is -2.02. The van der Waals surface area contributed by atoms with Crippen LogP contribution in [0.15, 0.2) is 12.2 Å². The quantitative estimate of drug-likeness (QED) is 0.306. The van der Waals surface area contributed by atoms with Crippen molar-refractivity contribution in [2.45, 2.75) is 6.92 Å². The highest BCUT2D eigenvalue weighted by molar-refractivity contribution is 8.76. The van der Waals surface area contributed by atoms with Crippen molar-refractivity contribution >= 4 is 27.6 Å². The Morgan fingerprint density at radius 2 is 2.08 bits per heavy atom. The first kappa shape index (κ1) is 12.9. The van der Waals surface area contributed by atoms with Crippen molar-refractivity contribution in [3.8, 4) is 0 Å². The second kappa shape index (κ2) is 8.47. The van der Waals surface area contributed by atoms with Gasteiger partial charge in [-0.1, -0.05) is 28.2 Å².